The van der Waals surface area contributed by atoms with Gasteiger partial charge in [0.2, 0.25) is 5.91 Å². The smallest absolute Gasteiger partial charge is 0.266 e. The average Bonchev–Trinajstić information content (AvgIpc) is 3.11. The van der Waals surface area contributed by atoms with Gasteiger partial charge in [0.25, 0.3) is 5.56 Å². The van der Waals surface area contributed by atoms with Crippen molar-refractivity contribution in [2.45, 2.75) is 31.5 Å². The Morgan fingerprint density at radius 1 is 1.21 bits per heavy atom. The molecule has 3 rings (SSSR count). The van der Waals surface area contributed by atoms with Gasteiger partial charge in [-0.25, -0.2) is 15.5 Å². The van der Waals surface area contributed by atoms with Crippen molar-refractivity contribution in [3.8, 4) is 0 Å². The summed E-state index contributed by atoms with van der Waals surface area (Å²) in [6, 6.07) is 13.0. The van der Waals surface area contributed by atoms with Crippen LogP contribution in [0.15, 0.2) is 53.5 Å². The van der Waals surface area contributed by atoms with Crippen LogP contribution >= 0.6 is 0 Å². The molecule has 2 atom stereocenters. The third-order valence-electron chi connectivity index (χ3n) is 4.05. The molecule has 1 fully saturated rings. The minimum Gasteiger partial charge on any atom is -0.355 e. The van der Waals surface area contributed by atoms with Crippen molar-refractivity contribution in [2.24, 2.45) is 0 Å². The van der Waals surface area contributed by atoms with Gasteiger partial charge in [0, 0.05) is 31.4 Å². The average molecular weight is 327 g/mol. The fourth-order valence-electron chi connectivity index (χ4n) is 2.75. The molecule has 0 radical (unpaired) electrons. The largest absolute Gasteiger partial charge is 0.355 e. The van der Waals surface area contributed by atoms with Crippen molar-refractivity contribution in [2.75, 3.05) is 6.54 Å². The molecule has 0 bridgehead atoms. The van der Waals surface area contributed by atoms with E-state index in [9.17, 15) is 9.59 Å². The Balaban J connectivity index is 1.42. The van der Waals surface area contributed by atoms with E-state index in [1.54, 1.807) is 12.3 Å². The predicted molar refractivity (Wildman–Crippen MR) is 90.0 cm³/mol. The molecule has 7 heteroatoms. The monoisotopic (exact) mass is 327 g/mol. The van der Waals surface area contributed by atoms with Gasteiger partial charge in [0.05, 0.1) is 0 Å². The van der Waals surface area contributed by atoms with Gasteiger partial charge in [0.15, 0.2) is 0 Å². The summed E-state index contributed by atoms with van der Waals surface area (Å²) in [4.78, 5) is 23.7. The number of aromatic nitrogens is 2. The van der Waals surface area contributed by atoms with Crippen LogP contribution in [-0.2, 0) is 11.3 Å². The number of nitrogens with zero attached hydrogens (tertiary/aromatic N) is 2. The van der Waals surface area contributed by atoms with Crippen molar-refractivity contribution in [3.63, 3.8) is 0 Å². The van der Waals surface area contributed by atoms with Crippen LogP contribution in [0.2, 0.25) is 0 Å². The van der Waals surface area contributed by atoms with Crippen LogP contribution in [0.4, 0.5) is 0 Å². The summed E-state index contributed by atoms with van der Waals surface area (Å²) in [7, 11) is 0. The first-order chi connectivity index (χ1) is 11.7. The van der Waals surface area contributed by atoms with Gasteiger partial charge in [-0.1, -0.05) is 30.3 Å². The molecule has 24 heavy (non-hydrogen) atoms. The number of rotatable bonds is 6. The number of nitrogens with one attached hydrogen (secondary N) is 3. The highest BCUT2D eigenvalue weighted by atomic mass is 16.2. The molecular formula is C17H21N5O2. The summed E-state index contributed by atoms with van der Waals surface area (Å²) in [5, 5.41) is 6.89. The summed E-state index contributed by atoms with van der Waals surface area (Å²) in [5.74, 6) is -0.0331. The molecule has 0 spiro atoms. The van der Waals surface area contributed by atoms with Gasteiger partial charge >= 0.3 is 0 Å². The van der Waals surface area contributed by atoms with Gasteiger partial charge in [-0.3, -0.25) is 9.59 Å². The van der Waals surface area contributed by atoms with E-state index in [-0.39, 0.29) is 23.6 Å². The number of hydrazine groups is 1. The molecule has 1 aromatic carbocycles. The molecule has 126 valence electrons. The molecular weight excluding hydrogens is 306 g/mol. The Hall–Kier alpha value is -2.51. The van der Waals surface area contributed by atoms with E-state index in [4.69, 9.17) is 0 Å². The third-order valence-corrected chi connectivity index (χ3v) is 4.05. The van der Waals surface area contributed by atoms with Gasteiger partial charge in [0.1, 0.15) is 6.04 Å². The van der Waals surface area contributed by atoms with Gasteiger partial charge in [-0.05, 0) is 24.5 Å². The van der Waals surface area contributed by atoms with Crippen molar-refractivity contribution < 1.29 is 4.79 Å². The van der Waals surface area contributed by atoms with Crippen molar-refractivity contribution in [1.82, 2.24) is 25.9 Å². The molecule has 0 saturated carbocycles. The lowest BCUT2D eigenvalue weighted by molar-refractivity contribution is -0.122. The summed E-state index contributed by atoms with van der Waals surface area (Å²) in [6.45, 7) is 0.999. The first-order valence-electron chi connectivity index (χ1n) is 8.10. The first kappa shape index (κ1) is 16.4. The van der Waals surface area contributed by atoms with E-state index in [0.717, 1.165) is 5.56 Å². The number of carbonyl (C=O) groups is 1. The molecule has 1 aliphatic heterocycles. The molecule has 3 N–H and O–H groups in total. The highest BCUT2D eigenvalue weighted by molar-refractivity contribution is 5.82. The Bertz CT molecular complexity index is 731. The number of hydrogen-bond acceptors (Lipinski definition) is 5. The van der Waals surface area contributed by atoms with E-state index in [2.05, 4.69) is 21.3 Å². The van der Waals surface area contributed by atoms with E-state index >= 15 is 0 Å². The number of amides is 1. The Kier molecular flexibility index (Phi) is 5.35. The molecule has 7 nitrogen and oxygen atoms in total. The van der Waals surface area contributed by atoms with Crippen LogP contribution in [0.25, 0.3) is 0 Å². The minimum absolute atomic E-state index is 0.0331. The van der Waals surface area contributed by atoms with Crippen molar-refractivity contribution in [1.29, 1.82) is 0 Å². The van der Waals surface area contributed by atoms with Crippen molar-refractivity contribution in [3.05, 3.63) is 64.6 Å². The molecule has 2 heterocycles. The second-order valence-electron chi connectivity index (χ2n) is 5.77. The second-order valence-corrected chi connectivity index (χ2v) is 5.77. The zero-order chi connectivity index (χ0) is 16.8. The SMILES string of the molecule is O=C(NCCCn1ncccc1=O)C1CC(c2ccccc2)NN1. The van der Waals surface area contributed by atoms with Crippen LogP contribution in [0.1, 0.15) is 24.4 Å². The Morgan fingerprint density at radius 3 is 2.83 bits per heavy atom. The Morgan fingerprint density at radius 2 is 2.04 bits per heavy atom. The number of benzene rings is 1. The molecule has 2 aromatic rings. The van der Waals surface area contributed by atoms with Crippen LogP contribution in [0.5, 0.6) is 0 Å². The van der Waals surface area contributed by atoms with E-state index in [0.29, 0.717) is 25.9 Å². The third kappa shape index (κ3) is 4.06. The van der Waals surface area contributed by atoms with E-state index < -0.39 is 0 Å². The lowest BCUT2D eigenvalue weighted by Gasteiger charge is -2.11. The predicted octanol–water partition coefficient (Wildman–Crippen LogP) is 0.357. The Labute approximate surface area is 140 Å². The summed E-state index contributed by atoms with van der Waals surface area (Å²) in [5.41, 5.74) is 7.24. The fourth-order valence-corrected chi connectivity index (χ4v) is 2.75. The van der Waals surface area contributed by atoms with Gasteiger partial charge < -0.3 is 5.32 Å². The number of carbonyl (C=O) groups excluding carboxylic acids is 1. The zero-order valence-electron chi connectivity index (χ0n) is 13.3. The summed E-state index contributed by atoms with van der Waals surface area (Å²) < 4.78 is 1.40. The van der Waals surface area contributed by atoms with Crippen molar-refractivity contribution >= 4 is 5.91 Å². The quantitative estimate of drug-likeness (QED) is 0.667. The highest BCUT2D eigenvalue weighted by Crippen LogP contribution is 2.21. The molecule has 1 aromatic heterocycles. The normalized spacial score (nSPS) is 20.0. The van der Waals surface area contributed by atoms with Crippen LogP contribution in [0.3, 0.4) is 0 Å². The van der Waals surface area contributed by atoms with E-state index in [1.807, 2.05) is 30.3 Å². The summed E-state index contributed by atoms with van der Waals surface area (Å²) in [6.07, 6.45) is 2.94. The highest BCUT2D eigenvalue weighted by Gasteiger charge is 2.29. The summed E-state index contributed by atoms with van der Waals surface area (Å²) >= 11 is 0. The lowest BCUT2D eigenvalue weighted by Crippen LogP contribution is -2.43. The van der Waals surface area contributed by atoms with Crippen LogP contribution in [-0.4, -0.2) is 28.3 Å². The molecule has 1 saturated heterocycles. The maximum atomic E-state index is 12.2. The first-order valence-corrected chi connectivity index (χ1v) is 8.10. The molecule has 1 aliphatic rings. The molecule has 2 unspecified atom stereocenters. The van der Waals surface area contributed by atoms with E-state index in [1.165, 1.54) is 10.7 Å². The van der Waals surface area contributed by atoms with Crippen LogP contribution in [0, 0.1) is 0 Å². The number of hydrogen-bond donors (Lipinski definition) is 3. The maximum Gasteiger partial charge on any atom is 0.266 e. The minimum atomic E-state index is -0.257. The second kappa shape index (κ2) is 7.85. The topological polar surface area (TPSA) is 88.0 Å². The molecule has 0 aliphatic carbocycles. The van der Waals surface area contributed by atoms with Gasteiger partial charge in [-0.2, -0.15) is 5.10 Å². The number of aryl methyl sites for hydroxylation is 1. The van der Waals surface area contributed by atoms with Gasteiger partial charge in [-0.15, -0.1) is 0 Å². The molecule has 1 amide bonds. The standard InChI is InChI=1S/C17H21N5O2/c23-16-8-4-10-19-22(16)11-5-9-18-17(24)15-12-14(20-21-15)13-6-2-1-3-7-13/h1-4,6-8,10,14-15,20-21H,5,9,11-12H2,(H,18,24). The fraction of sp³-hybridized carbons (Fsp3) is 0.353. The zero-order valence-corrected chi connectivity index (χ0v) is 13.3. The lowest BCUT2D eigenvalue weighted by atomic mass is 10.0. The maximum absolute atomic E-state index is 12.2. The van der Waals surface area contributed by atoms with Crippen LogP contribution < -0.4 is 21.7 Å².